The summed E-state index contributed by atoms with van der Waals surface area (Å²) in [6, 6.07) is 0. The van der Waals surface area contributed by atoms with Gasteiger partial charge >= 0.3 is 6.09 Å². The topological polar surface area (TPSA) is 64.8 Å². The van der Waals surface area contributed by atoms with Gasteiger partial charge in [-0.25, -0.2) is 10.7 Å². The summed E-state index contributed by atoms with van der Waals surface area (Å²) in [6.07, 6.45) is 5.30. The molecule has 19 heavy (non-hydrogen) atoms. The normalized spacial score (nSPS) is 20.4. The van der Waals surface area contributed by atoms with Gasteiger partial charge in [0.2, 0.25) is 0 Å². The summed E-state index contributed by atoms with van der Waals surface area (Å²) in [5.74, 6) is 5.58. The summed E-state index contributed by atoms with van der Waals surface area (Å²) >= 11 is 0. The number of rotatable bonds is 5. The fourth-order valence-corrected chi connectivity index (χ4v) is 2.41. The summed E-state index contributed by atoms with van der Waals surface area (Å²) in [5, 5.41) is 0. The highest BCUT2D eigenvalue weighted by atomic mass is 16.6. The van der Waals surface area contributed by atoms with Crippen molar-refractivity contribution >= 4 is 6.09 Å². The van der Waals surface area contributed by atoms with Crippen molar-refractivity contribution in [3.05, 3.63) is 0 Å². The number of amides is 1. The number of nitrogens with zero attached hydrogens (tertiary/aromatic N) is 1. The third-order valence-electron chi connectivity index (χ3n) is 3.30. The molecule has 112 valence electrons. The van der Waals surface area contributed by atoms with Crippen LogP contribution < -0.4 is 5.90 Å². The highest BCUT2D eigenvalue weighted by Gasteiger charge is 2.27. The van der Waals surface area contributed by atoms with Crippen LogP contribution in [0.2, 0.25) is 0 Å². The number of ether oxygens (including phenoxy) is 1. The molecule has 1 fully saturated rings. The SMILES string of the molecule is CC(C)(C)OC(=O)N1CCCC(CCCCON)C1. The Labute approximate surface area is 116 Å². The average molecular weight is 272 g/mol. The minimum absolute atomic E-state index is 0.178. The van der Waals surface area contributed by atoms with E-state index in [1.54, 1.807) is 0 Å². The van der Waals surface area contributed by atoms with Crippen molar-refractivity contribution in [2.75, 3.05) is 19.7 Å². The number of unbranched alkanes of at least 4 members (excludes halogenated alkanes) is 1. The zero-order valence-electron chi connectivity index (χ0n) is 12.5. The molecule has 0 aromatic carbocycles. The van der Waals surface area contributed by atoms with Gasteiger partial charge < -0.3 is 14.5 Å². The lowest BCUT2D eigenvalue weighted by atomic mass is 9.93. The van der Waals surface area contributed by atoms with E-state index in [0.29, 0.717) is 12.5 Å². The molecule has 0 radical (unpaired) electrons. The minimum Gasteiger partial charge on any atom is -0.444 e. The van der Waals surface area contributed by atoms with Gasteiger partial charge in [0.1, 0.15) is 5.60 Å². The van der Waals surface area contributed by atoms with Crippen molar-refractivity contribution in [2.45, 2.75) is 58.5 Å². The minimum atomic E-state index is -0.414. The molecule has 5 nitrogen and oxygen atoms in total. The van der Waals surface area contributed by atoms with Crippen molar-refractivity contribution in [1.29, 1.82) is 0 Å². The zero-order chi connectivity index (χ0) is 14.3. The molecule has 1 rings (SSSR count). The van der Waals surface area contributed by atoms with Crippen molar-refractivity contribution in [1.82, 2.24) is 4.90 Å². The van der Waals surface area contributed by atoms with Gasteiger partial charge in [-0.3, -0.25) is 0 Å². The third kappa shape index (κ3) is 6.78. The average Bonchev–Trinajstić information content (AvgIpc) is 2.33. The van der Waals surface area contributed by atoms with E-state index in [2.05, 4.69) is 4.84 Å². The highest BCUT2D eigenvalue weighted by Crippen LogP contribution is 2.23. The Kier molecular flexibility index (Phi) is 6.58. The van der Waals surface area contributed by atoms with E-state index in [1.165, 1.54) is 6.42 Å². The largest absolute Gasteiger partial charge is 0.444 e. The van der Waals surface area contributed by atoms with Gasteiger partial charge in [-0.15, -0.1) is 0 Å². The molecule has 0 aromatic heterocycles. The van der Waals surface area contributed by atoms with E-state index in [1.807, 2.05) is 25.7 Å². The van der Waals surface area contributed by atoms with Gasteiger partial charge in [0, 0.05) is 13.1 Å². The van der Waals surface area contributed by atoms with Crippen LogP contribution in [0.15, 0.2) is 0 Å². The van der Waals surface area contributed by atoms with Crippen LogP contribution in [0.25, 0.3) is 0 Å². The Morgan fingerprint density at radius 3 is 2.74 bits per heavy atom. The predicted octanol–water partition coefficient (Wildman–Crippen LogP) is 2.69. The Bertz CT molecular complexity index is 276. The molecule has 0 saturated carbocycles. The van der Waals surface area contributed by atoms with E-state index in [-0.39, 0.29) is 6.09 Å². The van der Waals surface area contributed by atoms with E-state index in [4.69, 9.17) is 10.6 Å². The third-order valence-corrected chi connectivity index (χ3v) is 3.30. The number of carbonyl (C=O) groups excluding carboxylic acids is 1. The number of piperidine rings is 1. The van der Waals surface area contributed by atoms with Crippen molar-refractivity contribution in [3.8, 4) is 0 Å². The van der Waals surface area contributed by atoms with Crippen LogP contribution >= 0.6 is 0 Å². The van der Waals surface area contributed by atoms with E-state index >= 15 is 0 Å². The van der Waals surface area contributed by atoms with Crippen molar-refractivity contribution in [2.24, 2.45) is 11.8 Å². The van der Waals surface area contributed by atoms with Crippen LogP contribution in [0.5, 0.6) is 0 Å². The number of hydrogen-bond donors (Lipinski definition) is 1. The first-order chi connectivity index (χ1) is 8.92. The molecule has 1 aliphatic rings. The van der Waals surface area contributed by atoms with Crippen LogP contribution in [0.3, 0.4) is 0 Å². The second-order valence-electron chi connectivity index (χ2n) is 6.30. The van der Waals surface area contributed by atoms with Crippen LogP contribution in [0, 0.1) is 5.92 Å². The lowest BCUT2D eigenvalue weighted by Crippen LogP contribution is -2.42. The molecule has 1 unspecified atom stereocenters. The highest BCUT2D eigenvalue weighted by molar-refractivity contribution is 5.68. The molecular formula is C14H28N2O3. The Morgan fingerprint density at radius 1 is 1.37 bits per heavy atom. The summed E-state index contributed by atoms with van der Waals surface area (Å²) in [5.41, 5.74) is -0.414. The fraction of sp³-hybridized carbons (Fsp3) is 0.929. The van der Waals surface area contributed by atoms with Crippen molar-refractivity contribution < 1.29 is 14.4 Å². The molecule has 1 aliphatic heterocycles. The lowest BCUT2D eigenvalue weighted by molar-refractivity contribution is 0.0159. The van der Waals surface area contributed by atoms with E-state index in [0.717, 1.165) is 38.8 Å². The first kappa shape index (κ1) is 16.2. The van der Waals surface area contributed by atoms with Gasteiger partial charge in [-0.2, -0.15) is 0 Å². The number of nitrogens with two attached hydrogens (primary N) is 1. The van der Waals surface area contributed by atoms with Crippen molar-refractivity contribution in [3.63, 3.8) is 0 Å². The van der Waals surface area contributed by atoms with Crippen LogP contribution in [-0.4, -0.2) is 36.3 Å². The number of likely N-dealkylation sites (tertiary alicyclic amines) is 1. The zero-order valence-corrected chi connectivity index (χ0v) is 12.5. The molecule has 1 amide bonds. The van der Waals surface area contributed by atoms with Gasteiger partial charge in [0.25, 0.3) is 0 Å². The maximum atomic E-state index is 12.0. The Morgan fingerprint density at radius 2 is 2.11 bits per heavy atom. The van der Waals surface area contributed by atoms with Gasteiger partial charge in [0.05, 0.1) is 6.61 Å². The molecule has 0 aliphatic carbocycles. The number of carbonyl (C=O) groups is 1. The first-order valence-corrected chi connectivity index (χ1v) is 7.22. The second kappa shape index (κ2) is 7.70. The molecule has 5 heteroatoms. The Balaban J connectivity index is 2.31. The van der Waals surface area contributed by atoms with Gasteiger partial charge in [-0.05, 0) is 52.4 Å². The first-order valence-electron chi connectivity index (χ1n) is 7.22. The molecule has 0 bridgehead atoms. The van der Waals surface area contributed by atoms with Crippen LogP contribution in [0.4, 0.5) is 4.79 Å². The Hall–Kier alpha value is -0.810. The summed E-state index contributed by atoms with van der Waals surface area (Å²) in [6.45, 7) is 7.95. The quantitative estimate of drug-likeness (QED) is 0.617. The van der Waals surface area contributed by atoms with E-state index < -0.39 is 5.60 Å². The molecule has 1 heterocycles. The summed E-state index contributed by atoms with van der Waals surface area (Å²) in [7, 11) is 0. The van der Waals surface area contributed by atoms with Gasteiger partial charge in [0.15, 0.2) is 0 Å². The molecular weight excluding hydrogens is 244 g/mol. The van der Waals surface area contributed by atoms with Crippen LogP contribution in [-0.2, 0) is 9.57 Å². The molecule has 2 N–H and O–H groups in total. The number of hydrogen-bond acceptors (Lipinski definition) is 4. The fourth-order valence-electron chi connectivity index (χ4n) is 2.41. The summed E-state index contributed by atoms with van der Waals surface area (Å²) < 4.78 is 5.42. The van der Waals surface area contributed by atoms with Gasteiger partial charge in [-0.1, -0.05) is 6.42 Å². The molecule has 1 atom stereocenters. The predicted molar refractivity (Wildman–Crippen MR) is 74.5 cm³/mol. The second-order valence-corrected chi connectivity index (χ2v) is 6.30. The standard InChI is InChI=1S/C14H28N2O3/c1-14(2,3)19-13(17)16-9-6-8-12(11-16)7-4-5-10-18-15/h12H,4-11,15H2,1-3H3. The van der Waals surface area contributed by atoms with Crippen LogP contribution in [0.1, 0.15) is 52.9 Å². The maximum Gasteiger partial charge on any atom is 0.410 e. The molecule has 1 saturated heterocycles. The lowest BCUT2D eigenvalue weighted by Gasteiger charge is -2.34. The molecule has 0 aromatic rings. The van der Waals surface area contributed by atoms with E-state index in [9.17, 15) is 4.79 Å². The summed E-state index contributed by atoms with van der Waals surface area (Å²) in [4.78, 5) is 18.4. The molecule has 0 spiro atoms. The monoisotopic (exact) mass is 272 g/mol. The smallest absolute Gasteiger partial charge is 0.410 e. The maximum absolute atomic E-state index is 12.0.